The first-order chi connectivity index (χ1) is 13.0. The number of alkyl halides is 3. The van der Waals surface area contributed by atoms with E-state index in [2.05, 4.69) is 49.7 Å². The minimum Gasteiger partial charge on any atom is -0.369 e. The SMILES string of the molecule is CN=C(NCCCCN1CCN(c2ccccc2)CC1)NCCC(F)(F)F. The van der Waals surface area contributed by atoms with E-state index < -0.39 is 12.6 Å². The smallest absolute Gasteiger partial charge is 0.369 e. The van der Waals surface area contributed by atoms with Crippen molar-refractivity contribution in [3.05, 3.63) is 30.3 Å². The molecule has 1 aliphatic heterocycles. The van der Waals surface area contributed by atoms with Crippen molar-refractivity contribution in [1.29, 1.82) is 0 Å². The number of nitrogens with one attached hydrogen (secondary N) is 2. The van der Waals surface area contributed by atoms with Gasteiger partial charge in [0.2, 0.25) is 0 Å². The average molecular weight is 385 g/mol. The topological polar surface area (TPSA) is 42.9 Å². The number of guanidine groups is 1. The maximum Gasteiger partial charge on any atom is 0.390 e. The molecule has 0 spiro atoms. The monoisotopic (exact) mass is 385 g/mol. The number of hydrogen-bond acceptors (Lipinski definition) is 3. The summed E-state index contributed by atoms with van der Waals surface area (Å²) in [6, 6.07) is 10.5. The van der Waals surface area contributed by atoms with Crippen LogP contribution in [0.5, 0.6) is 0 Å². The zero-order chi connectivity index (χ0) is 19.5. The van der Waals surface area contributed by atoms with E-state index in [1.165, 1.54) is 5.69 Å². The first kappa shape index (κ1) is 21.3. The van der Waals surface area contributed by atoms with Crippen LogP contribution in [-0.2, 0) is 0 Å². The number of rotatable bonds is 8. The predicted octanol–water partition coefficient (Wildman–Crippen LogP) is 2.71. The zero-order valence-electron chi connectivity index (χ0n) is 15.9. The molecule has 1 heterocycles. The number of aliphatic imine (C=N–C) groups is 1. The fraction of sp³-hybridized carbons (Fsp3) is 0.632. The maximum atomic E-state index is 12.2. The number of nitrogens with zero attached hydrogens (tertiary/aromatic N) is 3. The Bertz CT molecular complexity index is 554. The molecule has 2 N–H and O–H groups in total. The Labute approximate surface area is 159 Å². The lowest BCUT2D eigenvalue weighted by molar-refractivity contribution is -0.132. The Hall–Kier alpha value is -1.96. The Balaban J connectivity index is 1.53. The fourth-order valence-corrected chi connectivity index (χ4v) is 3.08. The van der Waals surface area contributed by atoms with Crippen LogP contribution in [0.2, 0.25) is 0 Å². The van der Waals surface area contributed by atoms with Gasteiger partial charge in [0.05, 0.1) is 6.42 Å². The summed E-state index contributed by atoms with van der Waals surface area (Å²) in [4.78, 5) is 8.82. The highest BCUT2D eigenvalue weighted by atomic mass is 19.4. The second kappa shape index (κ2) is 11.0. The third-order valence-corrected chi connectivity index (χ3v) is 4.61. The number of hydrogen-bond donors (Lipinski definition) is 2. The lowest BCUT2D eigenvalue weighted by Crippen LogP contribution is -2.46. The van der Waals surface area contributed by atoms with Crippen LogP contribution < -0.4 is 15.5 Å². The Morgan fingerprint density at radius 2 is 1.67 bits per heavy atom. The largest absolute Gasteiger partial charge is 0.390 e. The molecule has 0 atom stereocenters. The molecule has 152 valence electrons. The molecule has 1 aromatic carbocycles. The van der Waals surface area contributed by atoms with E-state index in [1.807, 2.05) is 6.07 Å². The number of halogens is 3. The van der Waals surface area contributed by atoms with Crippen LogP contribution >= 0.6 is 0 Å². The molecule has 27 heavy (non-hydrogen) atoms. The van der Waals surface area contributed by atoms with E-state index in [0.717, 1.165) is 45.6 Å². The molecule has 0 unspecified atom stereocenters. The molecule has 1 aromatic rings. The van der Waals surface area contributed by atoms with Gasteiger partial charge in [-0.1, -0.05) is 18.2 Å². The van der Waals surface area contributed by atoms with Crippen LogP contribution in [0.15, 0.2) is 35.3 Å². The molecular formula is C19H30F3N5. The van der Waals surface area contributed by atoms with E-state index in [4.69, 9.17) is 0 Å². The van der Waals surface area contributed by atoms with Gasteiger partial charge in [0.25, 0.3) is 0 Å². The van der Waals surface area contributed by atoms with Crippen molar-refractivity contribution in [2.45, 2.75) is 25.4 Å². The van der Waals surface area contributed by atoms with Crippen LogP contribution in [0.25, 0.3) is 0 Å². The highest BCUT2D eigenvalue weighted by Crippen LogP contribution is 2.18. The summed E-state index contributed by atoms with van der Waals surface area (Å²) in [5, 5.41) is 5.76. The molecule has 0 amide bonds. The van der Waals surface area contributed by atoms with E-state index >= 15 is 0 Å². The summed E-state index contributed by atoms with van der Waals surface area (Å²) in [6.07, 6.45) is -2.99. The van der Waals surface area contributed by atoms with Crippen molar-refractivity contribution in [2.24, 2.45) is 4.99 Å². The molecule has 2 rings (SSSR count). The molecule has 0 saturated carbocycles. The quantitative estimate of drug-likeness (QED) is 0.410. The normalized spacial score (nSPS) is 16.4. The Kier molecular flexibility index (Phi) is 8.71. The summed E-state index contributed by atoms with van der Waals surface area (Å²) in [7, 11) is 1.56. The molecule has 0 aliphatic carbocycles. The third kappa shape index (κ3) is 8.51. The maximum absolute atomic E-state index is 12.2. The van der Waals surface area contributed by atoms with Crippen molar-refractivity contribution >= 4 is 11.6 Å². The second-order valence-electron chi connectivity index (χ2n) is 6.66. The molecule has 5 nitrogen and oxygen atoms in total. The van der Waals surface area contributed by atoms with Gasteiger partial charge in [-0.15, -0.1) is 0 Å². The highest BCUT2D eigenvalue weighted by Gasteiger charge is 2.26. The van der Waals surface area contributed by atoms with E-state index in [0.29, 0.717) is 12.5 Å². The molecule has 1 aliphatic rings. The van der Waals surface area contributed by atoms with Gasteiger partial charge < -0.3 is 15.5 Å². The minimum atomic E-state index is -4.14. The molecule has 0 aromatic heterocycles. The van der Waals surface area contributed by atoms with Crippen LogP contribution in [0.4, 0.5) is 18.9 Å². The lowest BCUT2D eigenvalue weighted by atomic mass is 10.2. The van der Waals surface area contributed by atoms with Crippen LogP contribution in [0.3, 0.4) is 0 Å². The van der Waals surface area contributed by atoms with Crippen molar-refractivity contribution < 1.29 is 13.2 Å². The van der Waals surface area contributed by atoms with Crippen molar-refractivity contribution in [3.63, 3.8) is 0 Å². The first-order valence-corrected chi connectivity index (χ1v) is 9.51. The third-order valence-electron chi connectivity index (χ3n) is 4.61. The number of unbranched alkanes of at least 4 members (excludes halogenated alkanes) is 1. The van der Waals surface area contributed by atoms with E-state index in [1.54, 1.807) is 7.05 Å². The standard InChI is InChI=1S/C19H30F3N5/c1-23-18(25-11-9-19(20,21)22)24-10-5-6-12-26-13-15-27(16-14-26)17-7-3-2-4-8-17/h2-4,7-8H,5-6,9-16H2,1H3,(H2,23,24,25). The lowest BCUT2D eigenvalue weighted by Gasteiger charge is -2.36. The molecule has 0 bridgehead atoms. The Morgan fingerprint density at radius 3 is 2.30 bits per heavy atom. The van der Waals surface area contributed by atoms with Gasteiger partial charge in [-0.05, 0) is 31.5 Å². The summed E-state index contributed by atoms with van der Waals surface area (Å²) < 4.78 is 36.5. The summed E-state index contributed by atoms with van der Waals surface area (Å²) in [6.45, 7) is 5.79. The van der Waals surface area contributed by atoms with Gasteiger partial charge in [-0.3, -0.25) is 9.89 Å². The fourth-order valence-electron chi connectivity index (χ4n) is 3.08. The van der Waals surface area contributed by atoms with Gasteiger partial charge in [-0.2, -0.15) is 13.2 Å². The predicted molar refractivity (Wildman–Crippen MR) is 104 cm³/mol. The van der Waals surface area contributed by atoms with Crippen LogP contribution in [0.1, 0.15) is 19.3 Å². The number of para-hydroxylation sites is 1. The average Bonchev–Trinajstić information content (AvgIpc) is 2.66. The summed E-state index contributed by atoms with van der Waals surface area (Å²) in [5.74, 6) is 0.427. The summed E-state index contributed by atoms with van der Waals surface area (Å²) in [5.41, 5.74) is 1.28. The van der Waals surface area contributed by atoms with Gasteiger partial charge >= 0.3 is 6.18 Å². The number of piperazine rings is 1. The molecule has 8 heteroatoms. The van der Waals surface area contributed by atoms with Crippen molar-refractivity contribution in [3.8, 4) is 0 Å². The van der Waals surface area contributed by atoms with Crippen molar-refractivity contribution in [1.82, 2.24) is 15.5 Å². The van der Waals surface area contributed by atoms with Gasteiger partial charge in [-0.25, -0.2) is 0 Å². The molecular weight excluding hydrogens is 355 g/mol. The van der Waals surface area contributed by atoms with Crippen LogP contribution in [0, 0.1) is 0 Å². The zero-order valence-corrected chi connectivity index (χ0v) is 15.9. The van der Waals surface area contributed by atoms with E-state index in [-0.39, 0.29) is 6.54 Å². The van der Waals surface area contributed by atoms with Gasteiger partial charge in [0.1, 0.15) is 0 Å². The molecule has 1 fully saturated rings. The number of benzene rings is 1. The summed E-state index contributed by atoms with van der Waals surface area (Å²) >= 11 is 0. The van der Waals surface area contributed by atoms with Gasteiger partial charge in [0, 0.05) is 52.0 Å². The molecule has 0 radical (unpaired) electrons. The van der Waals surface area contributed by atoms with E-state index in [9.17, 15) is 13.2 Å². The number of anilines is 1. The van der Waals surface area contributed by atoms with Crippen LogP contribution in [-0.4, -0.2) is 69.9 Å². The first-order valence-electron chi connectivity index (χ1n) is 9.51. The Morgan fingerprint density at radius 1 is 1.00 bits per heavy atom. The molecule has 1 saturated heterocycles. The highest BCUT2D eigenvalue weighted by molar-refractivity contribution is 5.79. The second-order valence-corrected chi connectivity index (χ2v) is 6.66. The van der Waals surface area contributed by atoms with Gasteiger partial charge in [0.15, 0.2) is 5.96 Å². The van der Waals surface area contributed by atoms with Crippen molar-refractivity contribution in [2.75, 3.05) is 57.8 Å². The minimum absolute atomic E-state index is 0.158.